The van der Waals surface area contributed by atoms with Gasteiger partial charge in [0, 0.05) is 55.5 Å². The number of piperidine rings is 1. The van der Waals surface area contributed by atoms with Gasteiger partial charge in [-0.1, -0.05) is 0 Å². The van der Waals surface area contributed by atoms with Gasteiger partial charge >= 0.3 is 0 Å². The molecule has 6 heteroatoms. The summed E-state index contributed by atoms with van der Waals surface area (Å²) < 4.78 is 29.7. The lowest BCUT2D eigenvalue weighted by Gasteiger charge is -2.33. The summed E-state index contributed by atoms with van der Waals surface area (Å²) in [4.78, 5) is 7.11. The Hall–Kier alpha value is -1.66. The molecule has 0 radical (unpaired) electrons. The minimum absolute atomic E-state index is 0.0585. The standard InChI is InChI=1S/C17H19F2N3S/c18-17(19)7-11-22(12-8-17)15-1-3-16(4-2-15)23-21-13-14-5-9-20-10-6-14/h1-6,9-10,21H,7-8,11-13H2. The largest absolute Gasteiger partial charge is 0.371 e. The number of aromatic nitrogens is 1. The Balaban J connectivity index is 1.49. The van der Waals surface area contributed by atoms with Gasteiger partial charge in [-0.15, -0.1) is 0 Å². The maximum Gasteiger partial charge on any atom is 0.251 e. The summed E-state index contributed by atoms with van der Waals surface area (Å²) in [6.45, 7) is 1.59. The van der Waals surface area contributed by atoms with E-state index < -0.39 is 5.92 Å². The molecule has 0 aliphatic carbocycles. The summed E-state index contributed by atoms with van der Waals surface area (Å²) >= 11 is 1.56. The molecule has 23 heavy (non-hydrogen) atoms. The van der Waals surface area contributed by atoms with Crippen molar-refractivity contribution in [3.8, 4) is 0 Å². The Bertz CT molecular complexity index is 609. The van der Waals surface area contributed by atoms with Crippen molar-refractivity contribution in [2.45, 2.75) is 30.2 Å². The number of hydrogen-bond acceptors (Lipinski definition) is 4. The molecule has 2 heterocycles. The van der Waals surface area contributed by atoms with Gasteiger partial charge < -0.3 is 4.90 Å². The Kier molecular flexibility index (Phi) is 5.13. The van der Waals surface area contributed by atoms with E-state index >= 15 is 0 Å². The molecule has 1 aliphatic heterocycles. The van der Waals surface area contributed by atoms with Crippen molar-refractivity contribution in [1.29, 1.82) is 0 Å². The van der Waals surface area contributed by atoms with Gasteiger partial charge in [-0.2, -0.15) is 0 Å². The van der Waals surface area contributed by atoms with Gasteiger partial charge in [0.25, 0.3) is 5.92 Å². The minimum atomic E-state index is -2.50. The van der Waals surface area contributed by atoms with Crippen LogP contribution in [0.25, 0.3) is 0 Å². The van der Waals surface area contributed by atoms with Crippen LogP contribution in [-0.2, 0) is 6.54 Å². The van der Waals surface area contributed by atoms with E-state index in [1.807, 2.05) is 41.3 Å². The number of alkyl halides is 2. The zero-order chi connectivity index (χ0) is 16.1. The van der Waals surface area contributed by atoms with Crippen LogP contribution in [-0.4, -0.2) is 24.0 Å². The average molecular weight is 335 g/mol. The third kappa shape index (κ3) is 4.65. The fraction of sp³-hybridized carbons (Fsp3) is 0.353. The van der Waals surface area contributed by atoms with Gasteiger partial charge in [0.2, 0.25) is 0 Å². The molecule has 1 fully saturated rings. The number of hydrogen-bond donors (Lipinski definition) is 1. The highest BCUT2D eigenvalue weighted by molar-refractivity contribution is 7.97. The number of anilines is 1. The fourth-order valence-corrected chi connectivity index (χ4v) is 3.20. The van der Waals surface area contributed by atoms with Gasteiger partial charge in [-0.3, -0.25) is 9.71 Å². The highest BCUT2D eigenvalue weighted by atomic mass is 32.2. The number of nitrogens with zero attached hydrogens (tertiary/aromatic N) is 2. The smallest absolute Gasteiger partial charge is 0.251 e. The molecular formula is C17H19F2N3S. The molecule has 0 bridgehead atoms. The number of pyridine rings is 1. The summed E-state index contributed by atoms with van der Waals surface area (Å²) in [5, 5.41) is 0. The predicted octanol–water partition coefficient (Wildman–Crippen LogP) is 4.11. The fourth-order valence-electron chi connectivity index (χ4n) is 2.52. The Morgan fingerprint density at radius 2 is 1.70 bits per heavy atom. The summed E-state index contributed by atoms with van der Waals surface area (Å²) in [5.74, 6) is -2.50. The molecule has 3 nitrogen and oxygen atoms in total. The Morgan fingerprint density at radius 3 is 2.35 bits per heavy atom. The van der Waals surface area contributed by atoms with E-state index in [0.717, 1.165) is 17.1 Å². The normalized spacial score (nSPS) is 17.2. The molecule has 1 aromatic carbocycles. The van der Waals surface area contributed by atoms with E-state index in [2.05, 4.69) is 9.71 Å². The molecule has 122 valence electrons. The molecule has 1 saturated heterocycles. The summed E-state index contributed by atoms with van der Waals surface area (Å²) in [6, 6.07) is 12.0. The van der Waals surface area contributed by atoms with Crippen LogP contribution < -0.4 is 9.62 Å². The van der Waals surface area contributed by atoms with Crippen LogP contribution >= 0.6 is 11.9 Å². The SMILES string of the molecule is FC1(F)CCN(c2ccc(SNCc3ccncc3)cc2)CC1. The van der Waals surface area contributed by atoms with Crippen LogP contribution in [0.1, 0.15) is 18.4 Å². The first-order valence-electron chi connectivity index (χ1n) is 7.64. The lowest BCUT2D eigenvalue weighted by molar-refractivity contribution is -0.0220. The number of rotatable bonds is 5. The van der Waals surface area contributed by atoms with Gasteiger partial charge in [-0.25, -0.2) is 8.78 Å². The molecular weight excluding hydrogens is 316 g/mol. The van der Waals surface area contributed by atoms with Crippen LogP contribution in [0.5, 0.6) is 0 Å². The molecule has 2 aromatic rings. The van der Waals surface area contributed by atoms with E-state index in [9.17, 15) is 8.78 Å². The van der Waals surface area contributed by atoms with Crippen LogP contribution in [0.2, 0.25) is 0 Å². The monoisotopic (exact) mass is 335 g/mol. The molecule has 1 aliphatic rings. The molecule has 3 rings (SSSR count). The van der Waals surface area contributed by atoms with Crippen molar-refractivity contribution in [2.75, 3.05) is 18.0 Å². The van der Waals surface area contributed by atoms with Crippen LogP contribution in [0, 0.1) is 0 Å². The number of benzene rings is 1. The topological polar surface area (TPSA) is 28.2 Å². The van der Waals surface area contributed by atoms with Gasteiger partial charge in [-0.05, 0) is 53.9 Å². The van der Waals surface area contributed by atoms with Crippen molar-refractivity contribution in [1.82, 2.24) is 9.71 Å². The van der Waals surface area contributed by atoms with E-state index in [1.165, 1.54) is 5.56 Å². The first-order chi connectivity index (χ1) is 11.1. The molecule has 1 N–H and O–H groups in total. The lowest BCUT2D eigenvalue weighted by Crippen LogP contribution is -2.39. The van der Waals surface area contributed by atoms with Crippen molar-refractivity contribution >= 4 is 17.6 Å². The zero-order valence-corrected chi connectivity index (χ0v) is 13.5. The maximum atomic E-state index is 13.2. The second kappa shape index (κ2) is 7.27. The predicted molar refractivity (Wildman–Crippen MR) is 89.8 cm³/mol. The van der Waals surface area contributed by atoms with Crippen molar-refractivity contribution in [3.05, 3.63) is 54.4 Å². The average Bonchev–Trinajstić information content (AvgIpc) is 2.57. The Morgan fingerprint density at radius 1 is 1.04 bits per heavy atom. The van der Waals surface area contributed by atoms with Crippen molar-refractivity contribution in [2.24, 2.45) is 0 Å². The molecule has 1 aromatic heterocycles. The molecule has 0 spiro atoms. The lowest BCUT2D eigenvalue weighted by atomic mass is 10.1. The highest BCUT2D eigenvalue weighted by Crippen LogP contribution is 2.31. The minimum Gasteiger partial charge on any atom is -0.371 e. The second-order valence-corrected chi connectivity index (χ2v) is 6.58. The van der Waals surface area contributed by atoms with Crippen molar-refractivity contribution < 1.29 is 8.78 Å². The summed E-state index contributed by atoms with van der Waals surface area (Å²) in [5.41, 5.74) is 2.19. The van der Waals surface area contributed by atoms with E-state index in [0.29, 0.717) is 13.1 Å². The first-order valence-corrected chi connectivity index (χ1v) is 8.45. The maximum absolute atomic E-state index is 13.2. The third-order valence-electron chi connectivity index (χ3n) is 3.91. The van der Waals surface area contributed by atoms with Crippen molar-refractivity contribution in [3.63, 3.8) is 0 Å². The molecule has 0 unspecified atom stereocenters. The van der Waals surface area contributed by atoms with E-state index in [1.54, 1.807) is 24.3 Å². The molecule has 0 atom stereocenters. The molecule has 0 amide bonds. The summed E-state index contributed by atoms with van der Waals surface area (Å²) in [6.07, 6.45) is 3.44. The van der Waals surface area contributed by atoms with Gasteiger partial charge in [0.05, 0.1) is 0 Å². The number of nitrogens with one attached hydrogen (secondary N) is 1. The highest BCUT2D eigenvalue weighted by Gasteiger charge is 2.33. The second-order valence-electron chi connectivity index (χ2n) is 5.62. The first kappa shape index (κ1) is 16.2. The Labute approximate surface area is 139 Å². The molecule has 0 saturated carbocycles. The number of halogens is 2. The quantitative estimate of drug-likeness (QED) is 0.832. The van der Waals surface area contributed by atoms with Crippen LogP contribution in [0.3, 0.4) is 0 Å². The van der Waals surface area contributed by atoms with Crippen LogP contribution in [0.15, 0.2) is 53.7 Å². The summed E-state index contributed by atoms with van der Waals surface area (Å²) in [7, 11) is 0. The van der Waals surface area contributed by atoms with Gasteiger partial charge in [0.15, 0.2) is 0 Å². The zero-order valence-electron chi connectivity index (χ0n) is 12.7. The van der Waals surface area contributed by atoms with E-state index in [-0.39, 0.29) is 12.8 Å². The van der Waals surface area contributed by atoms with Gasteiger partial charge in [0.1, 0.15) is 0 Å². The van der Waals surface area contributed by atoms with Crippen LogP contribution in [0.4, 0.5) is 14.5 Å². The van der Waals surface area contributed by atoms with E-state index in [4.69, 9.17) is 0 Å². The third-order valence-corrected chi connectivity index (χ3v) is 4.71.